The van der Waals surface area contributed by atoms with Crippen LogP contribution in [-0.4, -0.2) is 52.2 Å². The van der Waals surface area contributed by atoms with Gasteiger partial charge in [-0.1, -0.05) is 0 Å². The van der Waals surface area contributed by atoms with Gasteiger partial charge in [0.2, 0.25) is 0 Å². The van der Waals surface area contributed by atoms with Gasteiger partial charge in [-0.3, -0.25) is 14.9 Å². The van der Waals surface area contributed by atoms with Gasteiger partial charge in [0.25, 0.3) is 11.6 Å². The molecule has 8 nitrogen and oxygen atoms in total. The zero-order valence-electron chi connectivity index (χ0n) is 10.5. The maximum Gasteiger partial charge on any atom is 0.285 e. The first-order chi connectivity index (χ1) is 9.42. The third-order valence-electron chi connectivity index (χ3n) is 2.57. The minimum absolute atomic E-state index is 0.117. The molecule has 0 aliphatic carbocycles. The van der Waals surface area contributed by atoms with Crippen molar-refractivity contribution in [3.8, 4) is 0 Å². The highest BCUT2D eigenvalue weighted by molar-refractivity contribution is 5.99. The second kappa shape index (κ2) is 6.78. The highest BCUT2D eigenvalue weighted by atomic mass is 19.1. The number of amides is 1. The molecule has 1 aromatic carbocycles. The summed E-state index contributed by atoms with van der Waals surface area (Å²) in [6.07, 6.45) is 0. The Labute approximate surface area is 113 Å². The summed E-state index contributed by atoms with van der Waals surface area (Å²) in [6, 6.07) is 1.44. The number of aliphatic hydroxyl groups excluding tert-OH is 2. The summed E-state index contributed by atoms with van der Waals surface area (Å²) in [5.41, 5.74) is 3.80. The zero-order chi connectivity index (χ0) is 15.3. The van der Waals surface area contributed by atoms with Crippen LogP contribution < -0.4 is 5.73 Å². The minimum atomic E-state index is -0.996. The van der Waals surface area contributed by atoms with Gasteiger partial charge in [-0.2, -0.15) is 0 Å². The molecule has 20 heavy (non-hydrogen) atoms. The lowest BCUT2D eigenvalue weighted by atomic mass is 10.1. The molecule has 0 fully saturated rings. The summed E-state index contributed by atoms with van der Waals surface area (Å²) in [5, 5.41) is 28.5. The number of nitro groups is 1. The van der Waals surface area contributed by atoms with Gasteiger partial charge in [0, 0.05) is 13.1 Å². The molecule has 0 unspecified atom stereocenters. The van der Waals surface area contributed by atoms with Crippen molar-refractivity contribution in [2.75, 3.05) is 32.0 Å². The van der Waals surface area contributed by atoms with E-state index in [-0.39, 0.29) is 26.3 Å². The molecular weight excluding hydrogens is 273 g/mol. The molecule has 0 saturated carbocycles. The monoisotopic (exact) mass is 287 g/mol. The van der Waals surface area contributed by atoms with Crippen LogP contribution in [0, 0.1) is 15.9 Å². The molecule has 0 aliphatic heterocycles. The molecule has 0 heterocycles. The van der Waals surface area contributed by atoms with Crippen molar-refractivity contribution >= 4 is 17.3 Å². The summed E-state index contributed by atoms with van der Waals surface area (Å²) in [4.78, 5) is 23.1. The maximum atomic E-state index is 13.2. The van der Waals surface area contributed by atoms with E-state index in [2.05, 4.69) is 0 Å². The van der Waals surface area contributed by atoms with E-state index < -0.39 is 33.6 Å². The first-order valence-corrected chi connectivity index (χ1v) is 5.66. The third-order valence-corrected chi connectivity index (χ3v) is 2.57. The van der Waals surface area contributed by atoms with E-state index in [0.717, 1.165) is 11.0 Å². The first kappa shape index (κ1) is 15.8. The number of anilines is 1. The molecule has 1 amide bonds. The summed E-state index contributed by atoms with van der Waals surface area (Å²) in [7, 11) is 0. The van der Waals surface area contributed by atoms with E-state index in [1.54, 1.807) is 0 Å². The van der Waals surface area contributed by atoms with Crippen LogP contribution in [0.25, 0.3) is 0 Å². The topological polar surface area (TPSA) is 130 Å². The predicted octanol–water partition coefficient (Wildman–Crippen LogP) is -0.257. The maximum absolute atomic E-state index is 13.2. The van der Waals surface area contributed by atoms with Crippen LogP contribution in [0.15, 0.2) is 12.1 Å². The largest absolute Gasteiger partial charge is 0.396 e. The van der Waals surface area contributed by atoms with E-state index in [4.69, 9.17) is 15.9 Å². The van der Waals surface area contributed by atoms with E-state index in [9.17, 15) is 19.3 Å². The molecule has 0 spiro atoms. The molecule has 9 heteroatoms. The number of aliphatic hydroxyl groups is 2. The van der Waals surface area contributed by atoms with Gasteiger partial charge in [-0.25, -0.2) is 4.39 Å². The number of nitrogens with zero attached hydrogens (tertiary/aromatic N) is 2. The van der Waals surface area contributed by atoms with Gasteiger partial charge in [-0.15, -0.1) is 0 Å². The Kier molecular flexibility index (Phi) is 5.35. The fraction of sp³-hybridized carbons (Fsp3) is 0.364. The van der Waals surface area contributed by atoms with Crippen molar-refractivity contribution < 1.29 is 24.3 Å². The SMILES string of the molecule is Nc1cc(C(=O)N(CCO)CCO)c([N+](=O)[O-])cc1F. The predicted molar refractivity (Wildman–Crippen MR) is 67.5 cm³/mol. The number of benzene rings is 1. The van der Waals surface area contributed by atoms with Crippen molar-refractivity contribution in [1.82, 2.24) is 4.90 Å². The summed E-state index contributed by atoms with van der Waals surface area (Å²) >= 11 is 0. The van der Waals surface area contributed by atoms with Crippen LogP contribution >= 0.6 is 0 Å². The molecule has 0 radical (unpaired) electrons. The minimum Gasteiger partial charge on any atom is -0.396 e. The van der Waals surface area contributed by atoms with Crippen LogP contribution in [-0.2, 0) is 0 Å². The molecule has 0 aliphatic rings. The number of nitrogens with two attached hydrogens (primary N) is 1. The zero-order valence-corrected chi connectivity index (χ0v) is 10.5. The number of hydrogen-bond acceptors (Lipinski definition) is 6. The van der Waals surface area contributed by atoms with E-state index >= 15 is 0 Å². The molecule has 1 rings (SSSR count). The van der Waals surface area contributed by atoms with Crippen molar-refractivity contribution in [2.24, 2.45) is 0 Å². The average Bonchev–Trinajstić information content (AvgIpc) is 2.40. The third kappa shape index (κ3) is 3.39. The average molecular weight is 287 g/mol. The molecule has 0 aromatic heterocycles. The number of hydrogen-bond donors (Lipinski definition) is 3. The number of nitro benzene ring substituents is 1. The molecule has 0 saturated heterocycles. The Balaban J connectivity index is 3.25. The van der Waals surface area contributed by atoms with E-state index in [0.29, 0.717) is 6.07 Å². The van der Waals surface area contributed by atoms with Gasteiger partial charge < -0.3 is 20.8 Å². The van der Waals surface area contributed by atoms with Crippen molar-refractivity contribution in [1.29, 1.82) is 0 Å². The Morgan fingerprint density at radius 2 is 1.90 bits per heavy atom. The quantitative estimate of drug-likeness (QED) is 0.375. The van der Waals surface area contributed by atoms with Crippen LogP contribution in [0.2, 0.25) is 0 Å². The van der Waals surface area contributed by atoms with E-state index in [1.807, 2.05) is 0 Å². The van der Waals surface area contributed by atoms with Gasteiger partial charge in [0.15, 0.2) is 5.82 Å². The standard InChI is InChI=1S/C11H14FN3O5/c12-8-6-10(15(19)20)7(5-9(8)13)11(18)14(1-3-16)2-4-17/h5-6,16-17H,1-4,13H2. The van der Waals surface area contributed by atoms with Crippen LogP contribution in [0.4, 0.5) is 15.8 Å². The van der Waals surface area contributed by atoms with Crippen LogP contribution in [0.3, 0.4) is 0 Å². The number of carbonyl (C=O) groups is 1. The fourth-order valence-electron chi connectivity index (χ4n) is 1.63. The molecular formula is C11H14FN3O5. The molecule has 1 aromatic rings. The Bertz CT molecular complexity index is 517. The molecule has 0 bridgehead atoms. The lowest BCUT2D eigenvalue weighted by Crippen LogP contribution is -2.36. The number of halogens is 1. The van der Waals surface area contributed by atoms with Gasteiger partial charge >= 0.3 is 0 Å². The molecule has 110 valence electrons. The van der Waals surface area contributed by atoms with Gasteiger partial charge in [0.1, 0.15) is 5.56 Å². The highest BCUT2D eigenvalue weighted by Crippen LogP contribution is 2.25. The molecule has 0 atom stereocenters. The number of rotatable bonds is 6. The number of carbonyl (C=O) groups excluding carboxylic acids is 1. The lowest BCUT2D eigenvalue weighted by Gasteiger charge is -2.20. The first-order valence-electron chi connectivity index (χ1n) is 5.66. The van der Waals surface area contributed by atoms with Crippen LogP contribution in [0.1, 0.15) is 10.4 Å². The Hall–Kier alpha value is -2.26. The second-order valence-electron chi connectivity index (χ2n) is 3.89. The Morgan fingerprint density at radius 1 is 1.35 bits per heavy atom. The van der Waals surface area contributed by atoms with Crippen molar-refractivity contribution in [2.45, 2.75) is 0 Å². The lowest BCUT2D eigenvalue weighted by molar-refractivity contribution is -0.385. The Morgan fingerprint density at radius 3 is 2.35 bits per heavy atom. The smallest absolute Gasteiger partial charge is 0.285 e. The van der Waals surface area contributed by atoms with Gasteiger partial charge in [-0.05, 0) is 6.07 Å². The number of nitrogen functional groups attached to an aromatic ring is 1. The van der Waals surface area contributed by atoms with Crippen LogP contribution in [0.5, 0.6) is 0 Å². The fourth-order valence-corrected chi connectivity index (χ4v) is 1.63. The van der Waals surface area contributed by atoms with E-state index in [1.165, 1.54) is 0 Å². The summed E-state index contributed by atoms with van der Waals surface area (Å²) in [5.74, 6) is -1.81. The summed E-state index contributed by atoms with van der Waals surface area (Å²) in [6.45, 7) is -0.992. The van der Waals surface area contributed by atoms with Crippen molar-refractivity contribution in [3.63, 3.8) is 0 Å². The van der Waals surface area contributed by atoms with Gasteiger partial charge in [0.05, 0.1) is 29.9 Å². The van der Waals surface area contributed by atoms with Crippen molar-refractivity contribution in [3.05, 3.63) is 33.6 Å². The normalized spacial score (nSPS) is 10.3. The summed E-state index contributed by atoms with van der Waals surface area (Å²) < 4.78 is 13.2. The highest BCUT2D eigenvalue weighted by Gasteiger charge is 2.26. The second-order valence-corrected chi connectivity index (χ2v) is 3.89. The molecule has 4 N–H and O–H groups in total.